The topological polar surface area (TPSA) is 209 Å². The van der Waals surface area contributed by atoms with Crippen LogP contribution in [0.2, 0.25) is 0 Å². The molecule has 2 heterocycles. The predicted octanol–water partition coefficient (Wildman–Crippen LogP) is 8.04. The van der Waals surface area contributed by atoms with Gasteiger partial charge in [0.2, 0.25) is 11.6 Å². The third-order valence-electron chi connectivity index (χ3n) is 11.9. The van der Waals surface area contributed by atoms with Crippen LogP contribution in [-0.2, 0) is 52.2 Å². The quantitative estimate of drug-likeness (QED) is 0.0164. The number of anilines is 1. The molecule has 4 rings (SSSR count). The summed E-state index contributed by atoms with van der Waals surface area (Å²) < 4.78 is 201. The van der Waals surface area contributed by atoms with Crippen LogP contribution in [0.25, 0.3) is 0 Å². The molecule has 0 fully saturated rings. The summed E-state index contributed by atoms with van der Waals surface area (Å²) in [4.78, 5) is 12.7. The number of benzene rings is 2. The number of alkyl halides is 3. The molecule has 2 atom stereocenters. The molecule has 2 aromatic rings. The second-order valence-electron chi connectivity index (χ2n) is 16.9. The summed E-state index contributed by atoms with van der Waals surface area (Å²) in [6.45, 7) is 3.11. The fourth-order valence-electron chi connectivity index (χ4n) is 8.70. The van der Waals surface area contributed by atoms with Crippen molar-refractivity contribution in [3.05, 3.63) is 106 Å². The summed E-state index contributed by atoms with van der Waals surface area (Å²) >= 11 is 0. The Morgan fingerprint density at radius 3 is 1.81 bits per heavy atom. The summed E-state index contributed by atoms with van der Waals surface area (Å²) in [5.74, 6) is -10.6. The third kappa shape index (κ3) is 14.5. The maximum atomic E-state index is 15.8. The number of rotatable bonds is 25. The fourth-order valence-corrected chi connectivity index (χ4v) is 10.4. The highest BCUT2D eigenvalue weighted by Crippen LogP contribution is 2.52. The highest BCUT2D eigenvalue weighted by Gasteiger charge is 2.53. The summed E-state index contributed by atoms with van der Waals surface area (Å²) in [7, 11) is -13.1. The number of halogens is 7. The van der Waals surface area contributed by atoms with Crippen LogP contribution in [0.3, 0.4) is 0 Å². The monoisotopic (exact) mass is 1010 g/mol. The fraction of sp³-hybridized carbons (Fsp3) is 0.500. The van der Waals surface area contributed by atoms with Gasteiger partial charge < -0.3 is 14.8 Å². The molecular formula is C44H53F7N2O11S3. The normalized spacial score (nSPS) is 19.8. The predicted molar refractivity (Wildman–Crippen MR) is 235 cm³/mol. The van der Waals surface area contributed by atoms with Gasteiger partial charge in [-0.15, -0.1) is 0 Å². The van der Waals surface area contributed by atoms with Crippen molar-refractivity contribution in [2.75, 3.05) is 35.2 Å². The zero-order valence-corrected chi connectivity index (χ0v) is 39.1. The lowest BCUT2D eigenvalue weighted by Gasteiger charge is -2.30. The Hall–Kier alpha value is -4.42. The van der Waals surface area contributed by atoms with Crippen molar-refractivity contribution in [2.45, 2.75) is 108 Å². The highest BCUT2D eigenvalue weighted by molar-refractivity contribution is 7.86. The molecule has 0 spiro atoms. The summed E-state index contributed by atoms with van der Waals surface area (Å²) in [6.07, 6.45) is 6.36. The van der Waals surface area contributed by atoms with E-state index < -0.39 is 111 Å². The van der Waals surface area contributed by atoms with Gasteiger partial charge in [0.15, 0.2) is 17.3 Å². The zero-order chi connectivity index (χ0) is 50.2. The Bertz CT molecular complexity index is 2670. The van der Waals surface area contributed by atoms with Crippen LogP contribution in [0.1, 0.15) is 108 Å². The zero-order valence-electron chi connectivity index (χ0n) is 36.7. The van der Waals surface area contributed by atoms with E-state index in [4.69, 9.17) is 0 Å². The van der Waals surface area contributed by atoms with Gasteiger partial charge in [-0.1, -0.05) is 43.2 Å². The van der Waals surface area contributed by atoms with Crippen LogP contribution in [0.5, 0.6) is 0 Å². The number of carbonyl (C=O) groups excluding carboxylic acids is 1. The Morgan fingerprint density at radius 1 is 0.701 bits per heavy atom. The lowest BCUT2D eigenvalue weighted by molar-refractivity contribution is -0.441. The first-order valence-electron chi connectivity index (χ1n) is 21.3. The van der Waals surface area contributed by atoms with Crippen LogP contribution in [0.15, 0.2) is 66.4 Å². The molecule has 2 aromatic carbocycles. The van der Waals surface area contributed by atoms with Crippen molar-refractivity contribution < 1.29 is 84.1 Å². The Kier molecular flexibility index (Phi) is 18.4. The van der Waals surface area contributed by atoms with Crippen molar-refractivity contribution in [3.8, 4) is 0 Å². The maximum absolute atomic E-state index is 15.8. The first-order valence-corrected chi connectivity index (χ1v) is 26.1. The molecule has 0 aromatic heterocycles. The van der Waals surface area contributed by atoms with Crippen LogP contribution >= 0.6 is 0 Å². The van der Waals surface area contributed by atoms with Gasteiger partial charge in [0.05, 0.1) is 33.8 Å². The van der Waals surface area contributed by atoms with Crippen molar-refractivity contribution in [3.63, 3.8) is 0 Å². The SMILES string of the molecule is CC1(CCCCS(=O)(=O)O)C(=CC=CC=CC=CC2=[N+](CCCCCC(=O)[O-])c3c(F)c(F)c(F)c(F)c3C2(C)CCCCS(=O)(=O)O)N(CCCCS(=O)(=O)O)c2ccc(C(F)(F)F)cc21. The van der Waals surface area contributed by atoms with E-state index in [0.29, 0.717) is 11.4 Å². The number of nitrogens with zero attached hydrogens (tertiary/aromatic N) is 2. The van der Waals surface area contributed by atoms with Crippen molar-refractivity contribution in [1.82, 2.24) is 0 Å². The highest BCUT2D eigenvalue weighted by atomic mass is 32.2. The van der Waals surface area contributed by atoms with Crippen LogP contribution in [0, 0.1) is 23.3 Å². The minimum Gasteiger partial charge on any atom is -0.550 e. The van der Waals surface area contributed by atoms with E-state index >= 15 is 8.78 Å². The van der Waals surface area contributed by atoms with E-state index in [1.807, 2.05) is 0 Å². The first kappa shape index (κ1) is 55.2. The molecule has 2 aliphatic heterocycles. The average Bonchev–Trinajstić information content (AvgIpc) is 3.59. The Labute approximate surface area is 385 Å². The molecule has 0 radical (unpaired) electrons. The summed E-state index contributed by atoms with van der Waals surface area (Å²) in [6, 6.07) is 3.18. The van der Waals surface area contributed by atoms with Crippen LogP contribution < -0.4 is 10.0 Å². The summed E-state index contributed by atoms with van der Waals surface area (Å²) in [5.41, 5.74) is -3.57. The lowest BCUT2D eigenvalue weighted by Crippen LogP contribution is -2.32. The molecule has 0 saturated carbocycles. The molecule has 0 amide bonds. The average molecular weight is 1020 g/mol. The first-order chi connectivity index (χ1) is 31.0. The van der Waals surface area contributed by atoms with Crippen LogP contribution in [0.4, 0.5) is 42.1 Å². The Balaban J connectivity index is 1.76. The van der Waals surface area contributed by atoms with E-state index in [1.165, 1.54) is 47.9 Å². The number of carbonyl (C=O) groups is 1. The molecule has 2 aliphatic rings. The smallest absolute Gasteiger partial charge is 0.416 e. The van der Waals surface area contributed by atoms with Crippen molar-refractivity contribution in [1.29, 1.82) is 0 Å². The number of unbranched alkanes of at least 4 members (excludes halogenated alkanes) is 5. The summed E-state index contributed by atoms with van der Waals surface area (Å²) in [5, 5.41) is 11.0. The number of fused-ring (bicyclic) bond motifs is 2. The van der Waals surface area contributed by atoms with Crippen molar-refractivity contribution >= 4 is 53.4 Å². The van der Waals surface area contributed by atoms with Gasteiger partial charge >= 0.3 is 6.18 Å². The van der Waals surface area contributed by atoms with Gasteiger partial charge in [-0.05, 0) is 101 Å². The lowest BCUT2D eigenvalue weighted by atomic mass is 9.75. The maximum Gasteiger partial charge on any atom is 0.416 e. The molecule has 0 bridgehead atoms. The van der Waals surface area contributed by atoms with Gasteiger partial charge in [0.1, 0.15) is 6.54 Å². The number of carboxylic acids is 1. The number of aliphatic carboxylic acids is 1. The molecule has 23 heteroatoms. The molecule has 2 unspecified atom stereocenters. The van der Waals surface area contributed by atoms with Gasteiger partial charge in [-0.25, -0.2) is 13.2 Å². The van der Waals surface area contributed by atoms with E-state index in [2.05, 4.69) is 0 Å². The second kappa shape index (κ2) is 22.3. The van der Waals surface area contributed by atoms with Gasteiger partial charge in [-0.3, -0.25) is 13.7 Å². The number of hydrogen-bond donors (Lipinski definition) is 3. The molecule has 67 heavy (non-hydrogen) atoms. The minimum absolute atomic E-state index is 0.00177. The van der Waals surface area contributed by atoms with E-state index in [-0.39, 0.29) is 101 Å². The molecule has 13 nitrogen and oxygen atoms in total. The second-order valence-corrected chi connectivity index (χ2v) is 21.6. The number of hydrogen-bond acceptors (Lipinski definition) is 9. The van der Waals surface area contributed by atoms with E-state index in [9.17, 15) is 70.8 Å². The molecule has 0 saturated heterocycles. The van der Waals surface area contributed by atoms with Crippen molar-refractivity contribution in [2.24, 2.45) is 0 Å². The Morgan fingerprint density at radius 2 is 1.24 bits per heavy atom. The molecule has 3 N–H and O–H groups in total. The standard InChI is InChI=1S/C44H53F7N2O11S3/c1-42(22-10-14-26-65(56,57)58)31-29-30(44(49,50)51)20-21-32(31)52(24-13-16-28-67(62,63)64)33(42)17-7-4-3-5-8-18-34-43(2,23-11-15-27-66(59,60)61)36-37(45)38(46)39(47)40(48)41(36)53(34)25-12-6-9-19-35(54)55/h3-5,7-8,17-18,20-21,29H,6,9-16,19,22-28H2,1-2H3,(H3-,54,55,56,57,58,59,60,61,62,63,64). The number of allylic oxidation sites excluding steroid dienone is 8. The van der Waals surface area contributed by atoms with Gasteiger partial charge in [0.25, 0.3) is 36.0 Å². The van der Waals surface area contributed by atoms with Gasteiger partial charge in [-0.2, -0.15) is 47.4 Å². The molecular weight excluding hydrogens is 962 g/mol. The minimum atomic E-state index is -4.72. The van der Waals surface area contributed by atoms with Gasteiger partial charge in [0, 0.05) is 41.8 Å². The van der Waals surface area contributed by atoms with E-state index in [0.717, 1.165) is 12.1 Å². The third-order valence-corrected chi connectivity index (χ3v) is 14.3. The molecule has 0 aliphatic carbocycles. The number of carboxylic acid groups (broad SMARTS) is 1. The molecule has 372 valence electrons. The largest absolute Gasteiger partial charge is 0.550 e. The van der Waals surface area contributed by atoms with Crippen LogP contribution in [-0.4, -0.2) is 85.5 Å². The van der Waals surface area contributed by atoms with E-state index in [1.54, 1.807) is 24.0 Å².